The van der Waals surface area contributed by atoms with Gasteiger partial charge in [0, 0.05) is 17.5 Å². The van der Waals surface area contributed by atoms with E-state index in [0.29, 0.717) is 23.8 Å². The molecule has 5 heteroatoms. The quantitative estimate of drug-likeness (QED) is 0.810. The van der Waals surface area contributed by atoms with E-state index in [-0.39, 0.29) is 22.2 Å². The highest BCUT2D eigenvalue weighted by Gasteiger charge is 2.17. The summed E-state index contributed by atoms with van der Waals surface area (Å²) in [4.78, 5) is 12.0. The molecule has 2 nitrogen and oxygen atoms in total. The number of rotatable bonds is 5. The second-order valence-electron chi connectivity index (χ2n) is 4.43. The van der Waals surface area contributed by atoms with Crippen LogP contribution in [0.1, 0.15) is 30.6 Å². The fraction of sp³-hybridized carbons (Fsp3) is 0.462. The molecule has 1 aromatic rings. The van der Waals surface area contributed by atoms with Crippen LogP contribution in [-0.4, -0.2) is 17.8 Å². The SMILES string of the molecule is CC(C)C(CCCl)NC(=O)c1ccc(F)c(Br)c1. The van der Waals surface area contributed by atoms with Crippen molar-refractivity contribution in [1.82, 2.24) is 5.32 Å². The standard InChI is InChI=1S/C13H16BrClFNO/c1-8(2)12(5-6-15)17-13(18)9-3-4-11(16)10(14)7-9/h3-4,7-8,12H,5-6H2,1-2H3,(H,17,18). The summed E-state index contributed by atoms with van der Waals surface area (Å²) < 4.78 is 13.4. The van der Waals surface area contributed by atoms with Crippen LogP contribution in [0.25, 0.3) is 0 Å². The molecule has 0 radical (unpaired) electrons. The van der Waals surface area contributed by atoms with Gasteiger partial charge < -0.3 is 5.32 Å². The Morgan fingerprint density at radius 1 is 1.50 bits per heavy atom. The van der Waals surface area contributed by atoms with E-state index < -0.39 is 0 Å². The number of nitrogens with one attached hydrogen (secondary N) is 1. The maximum absolute atomic E-state index is 13.1. The molecule has 1 unspecified atom stereocenters. The van der Waals surface area contributed by atoms with E-state index in [1.54, 1.807) is 0 Å². The highest BCUT2D eigenvalue weighted by Crippen LogP contribution is 2.17. The second kappa shape index (κ2) is 7.10. The van der Waals surface area contributed by atoms with Crippen molar-refractivity contribution < 1.29 is 9.18 Å². The van der Waals surface area contributed by atoms with Crippen molar-refractivity contribution in [2.45, 2.75) is 26.3 Å². The first-order valence-electron chi connectivity index (χ1n) is 5.77. The Hall–Kier alpha value is -0.610. The zero-order valence-electron chi connectivity index (χ0n) is 10.3. The van der Waals surface area contributed by atoms with E-state index >= 15 is 0 Å². The van der Waals surface area contributed by atoms with Crippen molar-refractivity contribution in [2.75, 3.05) is 5.88 Å². The van der Waals surface area contributed by atoms with Gasteiger partial charge in [0.15, 0.2) is 0 Å². The summed E-state index contributed by atoms with van der Waals surface area (Å²) in [5.41, 5.74) is 0.434. The van der Waals surface area contributed by atoms with Gasteiger partial charge in [-0.25, -0.2) is 4.39 Å². The van der Waals surface area contributed by atoms with Crippen molar-refractivity contribution in [3.8, 4) is 0 Å². The summed E-state index contributed by atoms with van der Waals surface area (Å²) in [6, 6.07) is 4.24. The molecule has 0 saturated heterocycles. The van der Waals surface area contributed by atoms with Crippen LogP contribution in [0.5, 0.6) is 0 Å². The van der Waals surface area contributed by atoms with Gasteiger partial charge in [-0.1, -0.05) is 13.8 Å². The Morgan fingerprint density at radius 2 is 2.17 bits per heavy atom. The van der Waals surface area contributed by atoms with E-state index in [9.17, 15) is 9.18 Å². The number of alkyl halides is 1. The van der Waals surface area contributed by atoms with Gasteiger partial charge in [-0.3, -0.25) is 4.79 Å². The summed E-state index contributed by atoms with van der Waals surface area (Å²) in [5.74, 6) is 0.208. The first-order valence-corrected chi connectivity index (χ1v) is 7.10. The summed E-state index contributed by atoms with van der Waals surface area (Å²) in [6.07, 6.45) is 0.716. The van der Waals surface area contributed by atoms with Crippen molar-refractivity contribution >= 4 is 33.4 Å². The van der Waals surface area contributed by atoms with Crippen LogP contribution in [0.3, 0.4) is 0 Å². The van der Waals surface area contributed by atoms with Gasteiger partial charge in [0.2, 0.25) is 0 Å². The molecule has 0 spiro atoms. The van der Waals surface area contributed by atoms with E-state index in [2.05, 4.69) is 21.2 Å². The third-order valence-corrected chi connectivity index (χ3v) is 3.55. The van der Waals surface area contributed by atoms with E-state index in [1.165, 1.54) is 18.2 Å². The first-order chi connectivity index (χ1) is 8.45. The largest absolute Gasteiger partial charge is 0.349 e. The molecule has 1 amide bonds. The molecule has 0 aliphatic carbocycles. The van der Waals surface area contributed by atoms with Crippen molar-refractivity contribution in [2.24, 2.45) is 5.92 Å². The van der Waals surface area contributed by atoms with Gasteiger partial charge in [0.1, 0.15) is 5.82 Å². The molecule has 0 aliphatic heterocycles. The van der Waals surface area contributed by atoms with Gasteiger partial charge in [-0.05, 0) is 46.5 Å². The Morgan fingerprint density at radius 3 is 2.67 bits per heavy atom. The minimum atomic E-state index is -0.382. The molecular weight excluding hydrogens is 321 g/mol. The number of amides is 1. The predicted molar refractivity (Wildman–Crippen MR) is 75.5 cm³/mol. The summed E-state index contributed by atoms with van der Waals surface area (Å²) in [5, 5.41) is 2.91. The normalized spacial score (nSPS) is 12.6. The minimum absolute atomic E-state index is 0.0267. The molecule has 18 heavy (non-hydrogen) atoms. The van der Waals surface area contributed by atoms with Crippen LogP contribution in [0.2, 0.25) is 0 Å². The molecule has 0 fully saturated rings. The zero-order valence-corrected chi connectivity index (χ0v) is 12.7. The topological polar surface area (TPSA) is 29.1 Å². The highest BCUT2D eigenvalue weighted by molar-refractivity contribution is 9.10. The molecular formula is C13H16BrClFNO. The maximum Gasteiger partial charge on any atom is 0.251 e. The molecule has 0 saturated carbocycles. The molecule has 0 aromatic heterocycles. The average molecular weight is 337 g/mol. The number of benzene rings is 1. The van der Waals surface area contributed by atoms with Crippen LogP contribution in [-0.2, 0) is 0 Å². The highest BCUT2D eigenvalue weighted by atomic mass is 79.9. The van der Waals surface area contributed by atoms with Gasteiger partial charge in [-0.2, -0.15) is 0 Å². The van der Waals surface area contributed by atoms with Crippen LogP contribution >= 0.6 is 27.5 Å². The molecule has 100 valence electrons. The Balaban J connectivity index is 2.77. The fourth-order valence-corrected chi connectivity index (χ4v) is 2.19. The van der Waals surface area contributed by atoms with E-state index in [0.717, 1.165) is 0 Å². The van der Waals surface area contributed by atoms with Gasteiger partial charge in [0.25, 0.3) is 5.91 Å². The molecule has 1 rings (SSSR count). The number of halogens is 3. The number of carbonyl (C=O) groups is 1. The molecule has 0 aliphatic rings. The number of hydrogen-bond donors (Lipinski definition) is 1. The smallest absolute Gasteiger partial charge is 0.251 e. The molecule has 0 bridgehead atoms. The summed E-state index contributed by atoms with van der Waals surface area (Å²) >= 11 is 8.77. The lowest BCUT2D eigenvalue weighted by Gasteiger charge is -2.21. The molecule has 1 N–H and O–H groups in total. The van der Waals surface area contributed by atoms with Gasteiger partial charge in [0.05, 0.1) is 4.47 Å². The fourth-order valence-electron chi connectivity index (χ4n) is 1.58. The van der Waals surface area contributed by atoms with Crippen LogP contribution in [0.4, 0.5) is 4.39 Å². The van der Waals surface area contributed by atoms with E-state index in [4.69, 9.17) is 11.6 Å². The van der Waals surface area contributed by atoms with Crippen LogP contribution in [0, 0.1) is 11.7 Å². The van der Waals surface area contributed by atoms with Gasteiger partial charge in [-0.15, -0.1) is 11.6 Å². The Kier molecular flexibility index (Phi) is 6.09. The lowest BCUT2D eigenvalue weighted by atomic mass is 10.0. The van der Waals surface area contributed by atoms with Crippen LogP contribution in [0.15, 0.2) is 22.7 Å². The minimum Gasteiger partial charge on any atom is -0.349 e. The average Bonchev–Trinajstić information content (AvgIpc) is 2.31. The van der Waals surface area contributed by atoms with E-state index in [1.807, 2.05) is 13.8 Å². The van der Waals surface area contributed by atoms with Crippen LogP contribution < -0.4 is 5.32 Å². The molecule has 1 atom stereocenters. The lowest BCUT2D eigenvalue weighted by Crippen LogP contribution is -2.38. The summed E-state index contributed by atoms with van der Waals surface area (Å²) in [7, 11) is 0. The predicted octanol–water partition coefficient (Wildman–Crippen LogP) is 3.97. The van der Waals surface area contributed by atoms with Crippen molar-refractivity contribution in [1.29, 1.82) is 0 Å². The van der Waals surface area contributed by atoms with Crippen molar-refractivity contribution in [3.63, 3.8) is 0 Å². The van der Waals surface area contributed by atoms with Crippen molar-refractivity contribution in [3.05, 3.63) is 34.1 Å². The lowest BCUT2D eigenvalue weighted by molar-refractivity contribution is 0.0925. The first kappa shape index (κ1) is 15.4. The summed E-state index contributed by atoms with van der Waals surface area (Å²) in [6.45, 7) is 4.05. The maximum atomic E-state index is 13.1. The number of hydrogen-bond acceptors (Lipinski definition) is 1. The Bertz CT molecular complexity index is 425. The Labute approximate surface area is 120 Å². The zero-order chi connectivity index (χ0) is 13.7. The monoisotopic (exact) mass is 335 g/mol. The molecule has 0 heterocycles. The molecule has 1 aromatic carbocycles. The third-order valence-electron chi connectivity index (χ3n) is 2.72. The second-order valence-corrected chi connectivity index (χ2v) is 5.66. The third kappa shape index (κ3) is 4.25. The van der Waals surface area contributed by atoms with Gasteiger partial charge >= 0.3 is 0 Å². The number of carbonyl (C=O) groups excluding carboxylic acids is 1.